The van der Waals surface area contributed by atoms with Gasteiger partial charge in [-0.25, -0.2) is 5.84 Å². The maximum absolute atomic E-state index is 10.9. The lowest BCUT2D eigenvalue weighted by atomic mass is 10.2. The Bertz CT molecular complexity index is 803. The smallest absolute Gasteiger partial charge is 0.313 e. The van der Waals surface area contributed by atoms with Crippen molar-refractivity contribution in [1.82, 2.24) is 15.6 Å². The maximum atomic E-state index is 10.9. The summed E-state index contributed by atoms with van der Waals surface area (Å²) in [6.07, 6.45) is 0. The van der Waals surface area contributed by atoms with Gasteiger partial charge < -0.3 is 10.2 Å². The normalized spacial score (nSPS) is 9.79. The first kappa shape index (κ1) is 18.1. The molecule has 0 aliphatic heterocycles. The van der Waals surface area contributed by atoms with Crippen molar-refractivity contribution in [3.8, 4) is 11.5 Å². The Hall–Kier alpha value is -2.23. The molecule has 3 aromatic rings. The largest absolute Gasteiger partial charge is 0.404 e. The monoisotopic (exact) mass is 453 g/mol. The van der Waals surface area contributed by atoms with Crippen LogP contribution >= 0.6 is 31.9 Å². The summed E-state index contributed by atoms with van der Waals surface area (Å²) >= 11 is 6.59. The number of halogens is 2. The topological polar surface area (TPSA) is 120 Å². The highest BCUT2D eigenvalue weighted by Crippen LogP contribution is 2.20. The number of benzene rings is 2. The number of nitrogen functional groups attached to an aromatic ring is 2. The first-order chi connectivity index (χ1) is 11.5. The molecule has 1 heterocycles. The molecular formula is C15H13Br2N5O2. The van der Waals surface area contributed by atoms with E-state index >= 15 is 0 Å². The summed E-state index contributed by atoms with van der Waals surface area (Å²) < 4.78 is 6.99. The van der Waals surface area contributed by atoms with Gasteiger partial charge in [-0.1, -0.05) is 37.0 Å². The highest BCUT2D eigenvalue weighted by molar-refractivity contribution is 9.10. The first-order valence-electron chi connectivity index (χ1n) is 6.61. The number of hydrazine groups is 1. The third-order valence-electron chi connectivity index (χ3n) is 2.77. The SMILES string of the molecule is NNC(=O)c1ccc(Br)cc1.Nc1nnc(-c2ccc(Br)cc2)o1. The summed E-state index contributed by atoms with van der Waals surface area (Å²) in [4.78, 5) is 10.9. The molecule has 3 rings (SSSR count). The quantitative estimate of drug-likeness (QED) is 0.310. The molecule has 0 atom stereocenters. The van der Waals surface area contributed by atoms with Crippen LogP contribution in [0.1, 0.15) is 10.4 Å². The van der Waals surface area contributed by atoms with Crippen LogP contribution in [0.4, 0.5) is 6.01 Å². The van der Waals surface area contributed by atoms with Gasteiger partial charge in [-0.05, 0) is 48.5 Å². The van der Waals surface area contributed by atoms with Crippen LogP contribution in [0, 0.1) is 0 Å². The van der Waals surface area contributed by atoms with E-state index in [1.54, 1.807) is 24.3 Å². The lowest BCUT2D eigenvalue weighted by Gasteiger charge is -1.97. The molecule has 0 radical (unpaired) electrons. The molecule has 2 aromatic carbocycles. The number of rotatable bonds is 2. The van der Waals surface area contributed by atoms with E-state index in [2.05, 4.69) is 42.1 Å². The van der Waals surface area contributed by atoms with Crippen LogP contribution in [-0.4, -0.2) is 16.1 Å². The summed E-state index contributed by atoms with van der Waals surface area (Å²) in [5.74, 6) is 5.09. The summed E-state index contributed by atoms with van der Waals surface area (Å²) in [6, 6.07) is 14.6. The van der Waals surface area contributed by atoms with Crippen molar-refractivity contribution >= 4 is 43.8 Å². The molecule has 0 aliphatic carbocycles. The van der Waals surface area contributed by atoms with Gasteiger partial charge >= 0.3 is 6.01 Å². The van der Waals surface area contributed by atoms with E-state index in [1.807, 2.05) is 29.7 Å². The molecule has 0 unspecified atom stereocenters. The Morgan fingerprint density at radius 2 is 1.50 bits per heavy atom. The first-order valence-corrected chi connectivity index (χ1v) is 8.19. The van der Waals surface area contributed by atoms with E-state index in [1.165, 1.54) is 0 Å². The minimum absolute atomic E-state index is 0.0814. The van der Waals surface area contributed by atoms with Gasteiger partial charge in [0.15, 0.2) is 0 Å². The summed E-state index contributed by atoms with van der Waals surface area (Å²) in [5.41, 5.74) is 8.75. The number of nitrogens with zero attached hydrogens (tertiary/aromatic N) is 2. The van der Waals surface area contributed by atoms with Crippen molar-refractivity contribution in [3.63, 3.8) is 0 Å². The second-order valence-corrected chi connectivity index (χ2v) is 6.26. The molecule has 1 amide bonds. The van der Waals surface area contributed by atoms with Crippen molar-refractivity contribution in [2.75, 3.05) is 5.73 Å². The number of hydrogen-bond acceptors (Lipinski definition) is 6. The summed E-state index contributed by atoms with van der Waals surface area (Å²) in [6.45, 7) is 0. The lowest BCUT2D eigenvalue weighted by Crippen LogP contribution is -2.29. The van der Waals surface area contributed by atoms with Crippen LogP contribution in [0.15, 0.2) is 61.9 Å². The molecule has 7 nitrogen and oxygen atoms in total. The van der Waals surface area contributed by atoms with Crippen LogP contribution in [0.25, 0.3) is 11.5 Å². The zero-order valence-electron chi connectivity index (χ0n) is 12.2. The number of carbonyl (C=O) groups excluding carboxylic acids is 1. The summed E-state index contributed by atoms with van der Waals surface area (Å²) in [5, 5.41) is 7.32. The van der Waals surface area contributed by atoms with Gasteiger partial charge in [0, 0.05) is 20.1 Å². The van der Waals surface area contributed by atoms with Crippen molar-refractivity contribution in [3.05, 3.63) is 63.0 Å². The van der Waals surface area contributed by atoms with Crippen molar-refractivity contribution in [2.24, 2.45) is 5.84 Å². The zero-order chi connectivity index (χ0) is 17.5. The highest BCUT2D eigenvalue weighted by atomic mass is 79.9. The maximum Gasteiger partial charge on any atom is 0.313 e. The van der Waals surface area contributed by atoms with Crippen molar-refractivity contribution in [1.29, 1.82) is 0 Å². The fourth-order valence-corrected chi connectivity index (χ4v) is 2.16. The van der Waals surface area contributed by atoms with Gasteiger partial charge in [-0.2, -0.15) is 0 Å². The zero-order valence-corrected chi connectivity index (χ0v) is 15.4. The molecule has 1 aromatic heterocycles. The molecule has 0 saturated carbocycles. The average Bonchev–Trinajstić information content (AvgIpc) is 3.02. The average molecular weight is 455 g/mol. The van der Waals surface area contributed by atoms with E-state index in [0.29, 0.717) is 11.5 Å². The van der Waals surface area contributed by atoms with Gasteiger partial charge in [0.2, 0.25) is 5.89 Å². The van der Waals surface area contributed by atoms with Crippen LogP contribution in [0.5, 0.6) is 0 Å². The van der Waals surface area contributed by atoms with Gasteiger partial charge in [0.1, 0.15) is 0 Å². The Labute approximate surface area is 154 Å². The predicted molar refractivity (Wildman–Crippen MR) is 97.6 cm³/mol. The highest BCUT2D eigenvalue weighted by Gasteiger charge is 2.04. The van der Waals surface area contributed by atoms with Gasteiger partial charge in [0.05, 0.1) is 0 Å². The minimum Gasteiger partial charge on any atom is -0.404 e. The molecule has 5 N–H and O–H groups in total. The molecule has 0 aliphatic rings. The van der Waals surface area contributed by atoms with Crippen LogP contribution < -0.4 is 17.0 Å². The van der Waals surface area contributed by atoms with Crippen LogP contribution in [0.2, 0.25) is 0 Å². The number of amides is 1. The summed E-state index contributed by atoms with van der Waals surface area (Å²) in [7, 11) is 0. The standard InChI is InChI=1S/C8H6BrN3O.C7H7BrN2O/c9-6-3-1-5(2-4-6)7-11-12-8(10)13-7;8-6-3-1-5(2-4-6)7(11)10-9/h1-4H,(H2,10,12);1-4H,9H2,(H,10,11). The third-order valence-corrected chi connectivity index (χ3v) is 3.83. The Balaban J connectivity index is 0.000000177. The molecule has 0 saturated heterocycles. The van der Waals surface area contributed by atoms with Crippen molar-refractivity contribution in [2.45, 2.75) is 0 Å². The fraction of sp³-hybridized carbons (Fsp3) is 0. The van der Waals surface area contributed by atoms with E-state index in [4.69, 9.17) is 16.0 Å². The second kappa shape index (κ2) is 8.57. The number of carbonyl (C=O) groups is 1. The number of aromatic nitrogens is 2. The van der Waals surface area contributed by atoms with Crippen LogP contribution in [-0.2, 0) is 0 Å². The Morgan fingerprint density at radius 1 is 0.958 bits per heavy atom. The number of nitrogens with two attached hydrogens (primary N) is 2. The predicted octanol–water partition coefficient (Wildman–Crippen LogP) is 3.13. The van der Waals surface area contributed by atoms with Gasteiger partial charge in [-0.3, -0.25) is 10.2 Å². The van der Waals surface area contributed by atoms with E-state index < -0.39 is 0 Å². The Morgan fingerprint density at radius 3 is 1.96 bits per heavy atom. The third kappa shape index (κ3) is 5.15. The van der Waals surface area contributed by atoms with E-state index in [0.717, 1.165) is 14.5 Å². The number of nitrogens with one attached hydrogen (secondary N) is 1. The van der Waals surface area contributed by atoms with Gasteiger partial charge in [0.25, 0.3) is 5.91 Å². The number of anilines is 1. The minimum atomic E-state index is -0.280. The molecule has 124 valence electrons. The van der Waals surface area contributed by atoms with E-state index in [-0.39, 0.29) is 11.9 Å². The van der Waals surface area contributed by atoms with Gasteiger partial charge in [-0.15, -0.1) is 5.10 Å². The van der Waals surface area contributed by atoms with Crippen molar-refractivity contribution < 1.29 is 9.21 Å². The molecular weight excluding hydrogens is 442 g/mol. The molecule has 24 heavy (non-hydrogen) atoms. The molecule has 9 heteroatoms. The Kier molecular flexibility index (Phi) is 6.47. The molecule has 0 fully saturated rings. The van der Waals surface area contributed by atoms with Crippen LogP contribution in [0.3, 0.4) is 0 Å². The molecule has 0 spiro atoms. The fourth-order valence-electron chi connectivity index (χ4n) is 1.63. The van der Waals surface area contributed by atoms with E-state index in [9.17, 15) is 4.79 Å². The second-order valence-electron chi connectivity index (χ2n) is 4.43. The number of hydrogen-bond donors (Lipinski definition) is 3. The molecule has 0 bridgehead atoms. The lowest BCUT2D eigenvalue weighted by molar-refractivity contribution is 0.0953.